The largest absolute Gasteiger partial charge is 0.469 e. The van der Waals surface area contributed by atoms with Gasteiger partial charge in [-0.1, -0.05) is 11.6 Å². The molecule has 0 aliphatic rings. The summed E-state index contributed by atoms with van der Waals surface area (Å²) in [5.41, 5.74) is 0.519. The van der Waals surface area contributed by atoms with Crippen molar-refractivity contribution >= 4 is 29.3 Å². The van der Waals surface area contributed by atoms with Gasteiger partial charge >= 0.3 is 5.97 Å². The second kappa shape index (κ2) is 10.8. The Morgan fingerprint density at radius 3 is 2.25 bits per heavy atom. The summed E-state index contributed by atoms with van der Waals surface area (Å²) < 4.78 is 9.55. The molecule has 0 fully saturated rings. The summed E-state index contributed by atoms with van der Waals surface area (Å²) in [5, 5.41) is 0.552. The van der Waals surface area contributed by atoms with E-state index in [1.165, 1.54) is 19.1 Å². The Hall–Kier alpha value is -1.92. The van der Waals surface area contributed by atoms with Gasteiger partial charge in [-0.2, -0.15) is 0 Å². The van der Waals surface area contributed by atoms with Gasteiger partial charge in [-0.25, -0.2) is 0 Å². The summed E-state index contributed by atoms with van der Waals surface area (Å²) in [4.78, 5) is 37.1. The lowest BCUT2D eigenvalue weighted by Gasteiger charge is -2.21. The van der Waals surface area contributed by atoms with Crippen LogP contribution in [0.5, 0.6) is 0 Å². The van der Waals surface area contributed by atoms with Crippen LogP contribution in [-0.2, 0) is 19.1 Å². The second-order valence-electron chi connectivity index (χ2n) is 5.13. The number of ketones is 1. The number of halogens is 1. The minimum absolute atomic E-state index is 0.0757. The first-order valence-electron chi connectivity index (χ1n) is 7.60. The SMILES string of the molecule is COCCN(CCC(=O)OC)C(=O)CCC(=O)c1ccc(Cl)cc1. The summed E-state index contributed by atoms with van der Waals surface area (Å²) in [6.07, 6.45) is 0.283. The Labute approximate surface area is 146 Å². The van der Waals surface area contributed by atoms with Gasteiger partial charge in [-0.05, 0) is 24.3 Å². The van der Waals surface area contributed by atoms with Gasteiger partial charge in [0.15, 0.2) is 5.78 Å². The zero-order valence-electron chi connectivity index (χ0n) is 13.9. The van der Waals surface area contributed by atoms with Gasteiger partial charge in [0.25, 0.3) is 0 Å². The highest BCUT2D eigenvalue weighted by Gasteiger charge is 2.17. The monoisotopic (exact) mass is 355 g/mol. The predicted molar refractivity (Wildman–Crippen MR) is 90.1 cm³/mol. The number of nitrogens with zero attached hydrogens (tertiary/aromatic N) is 1. The molecule has 0 aliphatic carbocycles. The maximum Gasteiger partial charge on any atom is 0.307 e. The van der Waals surface area contributed by atoms with Crippen LogP contribution in [0.4, 0.5) is 0 Å². The number of carbonyl (C=O) groups is 3. The summed E-state index contributed by atoms with van der Waals surface area (Å²) in [7, 11) is 2.83. The van der Waals surface area contributed by atoms with Crippen molar-refractivity contribution in [1.82, 2.24) is 4.90 Å². The predicted octanol–water partition coefficient (Wildman–Crippen LogP) is 2.34. The molecule has 0 unspecified atom stereocenters. The van der Waals surface area contributed by atoms with Crippen LogP contribution in [0, 0.1) is 0 Å². The Morgan fingerprint density at radius 1 is 1.00 bits per heavy atom. The van der Waals surface area contributed by atoms with E-state index in [9.17, 15) is 14.4 Å². The minimum atomic E-state index is -0.387. The Morgan fingerprint density at radius 2 is 1.67 bits per heavy atom. The molecule has 6 nitrogen and oxygen atoms in total. The molecule has 1 aromatic carbocycles. The summed E-state index contributed by atoms with van der Waals surface area (Å²) >= 11 is 5.78. The fraction of sp³-hybridized carbons (Fsp3) is 0.471. The molecule has 0 bridgehead atoms. The van der Waals surface area contributed by atoms with E-state index in [4.69, 9.17) is 16.3 Å². The fourth-order valence-electron chi connectivity index (χ4n) is 2.05. The van der Waals surface area contributed by atoms with Crippen LogP contribution in [0.15, 0.2) is 24.3 Å². The normalized spacial score (nSPS) is 10.3. The topological polar surface area (TPSA) is 72.9 Å². The maximum absolute atomic E-state index is 12.3. The molecule has 0 saturated carbocycles. The van der Waals surface area contributed by atoms with E-state index >= 15 is 0 Å². The third kappa shape index (κ3) is 7.10. The van der Waals surface area contributed by atoms with Crippen LogP contribution in [-0.4, -0.2) is 56.5 Å². The molecule has 7 heteroatoms. The van der Waals surface area contributed by atoms with Crippen LogP contribution in [0.1, 0.15) is 29.6 Å². The zero-order chi connectivity index (χ0) is 17.9. The van der Waals surface area contributed by atoms with Crippen molar-refractivity contribution in [1.29, 1.82) is 0 Å². The summed E-state index contributed by atoms with van der Waals surface area (Å²) in [6, 6.07) is 6.54. The molecule has 1 rings (SSSR count). The lowest BCUT2D eigenvalue weighted by atomic mass is 10.1. The van der Waals surface area contributed by atoms with E-state index < -0.39 is 0 Å². The van der Waals surface area contributed by atoms with Gasteiger partial charge < -0.3 is 14.4 Å². The number of carbonyl (C=O) groups excluding carboxylic acids is 3. The third-order valence-corrected chi connectivity index (χ3v) is 3.72. The summed E-state index contributed by atoms with van der Waals surface area (Å²) in [6.45, 7) is 0.962. The first-order valence-corrected chi connectivity index (χ1v) is 7.98. The van der Waals surface area contributed by atoms with Crippen LogP contribution >= 0.6 is 11.6 Å². The lowest BCUT2D eigenvalue weighted by molar-refractivity contribution is -0.142. The van der Waals surface area contributed by atoms with E-state index in [1.54, 1.807) is 24.3 Å². The Balaban J connectivity index is 2.54. The molecular formula is C17H22ClNO5. The number of esters is 1. The molecule has 0 N–H and O–H groups in total. The highest BCUT2D eigenvalue weighted by molar-refractivity contribution is 6.30. The Bertz CT molecular complexity index is 559. The van der Waals surface area contributed by atoms with Crippen LogP contribution in [0.2, 0.25) is 5.02 Å². The number of methoxy groups -OCH3 is 2. The summed E-state index contributed by atoms with van der Waals surface area (Å²) in [5.74, 6) is -0.708. The van der Waals surface area contributed by atoms with E-state index in [1.807, 2.05) is 0 Å². The molecule has 0 radical (unpaired) electrons. The van der Waals surface area contributed by atoms with E-state index in [0.717, 1.165) is 0 Å². The van der Waals surface area contributed by atoms with Crippen LogP contribution in [0.3, 0.4) is 0 Å². The first-order chi connectivity index (χ1) is 11.5. The Kier molecular flexibility index (Phi) is 9.04. The molecule has 0 aromatic heterocycles. The third-order valence-electron chi connectivity index (χ3n) is 3.46. The minimum Gasteiger partial charge on any atom is -0.469 e. The molecule has 0 aliphatic heterocycles. The lowest BCUT2D eigenvalue weighted by Crippen LogP contribution is -2.36. The molecule has 0 saturated heterocycles. The first kappa shape index (κ1) is 20.1. The van der Waals surface area contributed by atoms with Gasteiger partial charge in [-0.15, -0.1) is 0 Å². The van der Waals surface area contributed by atoms with Crippen molar-refractivity contribution in [3.63, 3.8) is 0 Å². The van der Waals surface area contributed by atoms with E-state index in [2.05, 4.69) is 4.74 Å². The smallest absolute Gasteiger partial charge is 0.307 e. The second-order valence-corrected chi connectivity index (χ2v) is 5.57. The number of hydrogen-bond acceptors (Lipinski definition) is 5. The van der Waals surface area contributed by atoms with Crippen molar-refractivity contribution in [2.24, 2.45) is 0 Å². The highest BCUT2D eigenvalue weighted by atomic mass is 35.5. The molecular weight excluding hydrogens is 334 g/mol. The quantitative estimate of drug-likeness (QED) is 0.476. The molecule has 0 atom stereocenters. The number of ether oxygens (including phenoxy) is 2. The van der Waals surface area contributed by atoms with Crippen molar-refractivity contribution in [2.45, 2.75) is 19.3 Å². The average molecular weight is 356 g/mol. The van der Waals surface area contributed by atoms with Crippen LogP contribution in [0.25, 0.3) is 0 Å². The van der Waals surface area contributed by atoms with Gasteiger partial charge in [0.05, 0.1) is 20.1 Å². The number of hydrogen-bond donors (Lipinski definition) is 0. The molecule has 0 heterocycles. The van der Waals surface area contributed by atoms with Crippen molar-refractivity contribution in [3.8, 4) is 0 Å². The van der Waals surface area contributed by atoms with Gasteiger partial charge in [0.1, 0.15) is 0 Å². The van der Waals surface area contributed by atoms with E-state index in [0.29, 0.717) is 23.7 Å². The zero-order valence-corrected chi connectivity index (χ0v) is 14.7. The molecule has 1 amide bonds. The fourth-order valence-corrected chi connectivity index (χ4v) is 2.18. The van der Waals surface area contributed by atoms with Crippen molar-refractivity contribution in [3.05, 3.63) is 34.9 Å². The van der Waals surface area contributed by atoms with Crippen molar-refractivity contribution in [2.75, 3.05) is 33.9 Å². The number of Topliss-reactive ketones (excluding diaryl/α,β-unsaturated/α-hetero) is 1. The number of amides is 1. The maximum atomic E-state index is 12.3. The highest BCUT2D eigenvalue weighted by Crippen LogP contribution is 2.12. The van der Waals surface area contributed by atoms with Gasteiger partial charge in [0, 0.05) is 43.6 Å². The number of rotatable bonds is 10. The van der Waals surface area contributed by atoms with E-state index in [-0.39, 0.29) is 43.5 Å². The van der Waals surface area contributed by atoms with Crippen LogP contribution < -0.4 is 0 Å². The van der Waals surface area contributed by atoms with Crippen molar-refractivity contribution < 1.29 is 23.9 Å². The number of benzene rings is 1. The van der Waals surface area contributed by atoms with Gasteiger partial charge in [0.2, 0.25) is 5.91 Å². The molecule has 24 heavy (non-hydrogen) atoms. The van der Waals surface area contributed by atoms with Gasteiger partial charge in [-0.3, -0.25) is 14.4 Å². The molecule has 132 valence electrons. The standard InChI is InChI=1S/C17H22ClNO5/c1-23-12-11-19(10-9-17(22)24-2)16(21)8-7-15(20)13-3-5-14(18)6-4-13/h3-6H,7-12H2,1-2H3. The molecule has 1 aromatic rings. The molecule has 0 spiro atoms. The average Bonchev–Trinajstić information content (AvgIpc) is 2.59.